The van der Waals surface area contributed by atoms with Crippen molar-refractivity contribution < 1.29 is 9.13 Å². The second kappa shape index (κ2) is 5.51. The van der Waals surface area contributed by atoms with E-state index in [1.54, 1.807) is 6.07 Å². The molecule has 1 aromatic heterocycles. The highest BCUT2D eigenvalue weighted by atomic mass is 35.5. The van der Waals surface area contributed by atoms with Crippen molar-refractivity contribution in [2.75, 3.05) is 6.61 Å². The third-order valence-electron chi connectivity index (χ3n) is 3.59. The van der Waals surface area contributed by atoms with Gasteiger partial charge in [0.15, 0.2) is 0 Å². The molecule has 0 aliphatic carbocycles. The summed E-state index contributed by atoms with van der Waals surface area (Å²) in [7, 11) is 0. The number of aromatic nitrogens is 2. The number of halogens is 3. The molecule has 2 aromatic rings. The number of nitrogens with zero attached hydrogens (tertiary/aromatic N) is 2. The van der Waals surface area contributed by atoms with Gasteiger partial charge < -0.3 is 9.30 Å². The summed E-state index contributed by atoms with van der Waals surface area (Å²) in [6.45, 7) is 3.32. The van der Waals surface area contributed by atoms with Crippen LogP contribution in [0, 0.1) is 5.82 Å². The molecule has 0 radical (unpaired) electrons. The first-order valence-electron chi connectivity index (χ1n) is 6.67. The van der Waals surface area contributed by atoms with Crippen LogP contribution < -0.4 is 0 Å². The molecule has 20 heavy (non-hydrogen) atoms. The largest absolute Gasteiger partial charge is 0.376 e. The molecular formula is C14H15Cl2FN2O. The number of ether oxygens (including phenoxy) is 1. The quantitative estimate of drug-likeness (QED) is 0.789. The summed E-state index contributed by atoms with van der Waals surface area (Å²) in [5, 5.41) is -0.162. The molecule has 0 spiro atoms. The summed E-state index contributed by atoms with van der Waals surface area (Å²) in [5.74, 6) is 0.258. The van der Waals surface area contributed by atoms with Crippen LogP contribution in [-0.2, 0) is 11.3 Å². The maximum atomic E-state index is 13.6. The van der Waals surface area contributed by atoms with Crippen LogP contribution in [0.1, 0.15) is 31.0 Å². The number of alkyl halides is 1. The number of hydrogen-bond donors (Lipinski definition) is 0. The van der Waals surface area contributed by atoms with Crippen LogP contribution in [0.25, 0.3) is 11.0 Å². The summed E-state index contributed by atoms with van der Waals surface area (Å²) in [6, 6.07) is 2.96. The van der Waals surface area contributed by atoms with Gasteiger partial charge in [-0.2, -0.15) is 0 Å². The van der Waals surface area contributed by atoms with Crippen LogP contribution in [0.3, 0.4) is 0 Å². The molecule has 0 saturated carbocycles. The van der Waals surface area contributed by atoms with Gasteiger partial charge in [-0.3, -0.25) is 0 Å². The van der Waals surface area contributed by atoms with E-state index in [1.807, 2.05) is 11.5 Å². The van der Waals surface area contributed by atoms with E-state index >= 15 is 0 Å². The summed E-state index contributed by atoms with van der Waals surface area (Å²) < 4.78 is 21.2. The van der Waals surface area contributed by atoms with Crippen molar-refractivity contribution in [2.45, 2.75) is 37.8 Å². The lowest BCUT2D eigenvalue weighted by Crippen LogP contribution is -2.17. The van der Waals surface area contributed by atoms with Gasteiger partial charge in [0.25, 0.3) is 0 Å². The highest BCUT2D eigenvalue weighted by Crippen LogP contribution is 2.29. The Labute approximate surface area is 126 Å². The fourth-order valence-corrected chi connectivity index (χ4v) is 2.95. The van der Waals surface area contributed by atoms with E-state index in [-0.39, 0.29) is 16.5 Å². The summed E-state index contributed by atoms with van der Waals surface area (Å²) in [6.07, 6.45) is 2.24. The monoisotopic (exact) mass is 316 g/mol. The molecule has 2 unspecified atom stereocenters. The molecule has 3 nitrogen and oxygen atoms in total. The molecule has 2 heterocycles. The van der Waals surface area contributed by atoms with Crippen molar-refractivity contribution in [3.05, 3.63) is 28.8 Å². The predicted molar refractivity (Wildman–Crippen MR) is 77.9 cm³/mol. The van der Waals surface area contributed by atoms with Gasteiger partial charge in [0.2, 0.25) is 0 Å². The van der Waals surface area contributed by atoms with Gasteiger partial charge in [0, 0.05) is 12.7 Å². The Morgan fingerprint density at radius 3 is 3.00 bits per heavy atom. The molecular weight excluding hydrogens is 302 g/mol. The maximum Gasteiger partial charge on any atom is 0.144 e. The Bertz CT molecular complexity index is 636. The molecule has 1 fully saturated rings. The predicted octanol–water partition coefficient (Wildman–Crippen LogP) is 4.31. The van der Waals surface area contributed by atoms with Crippen molar-refractivity contribution in [3.8, 4) is 0 Å². The van der Waals surface area contributed by atoms with Crippen LogP contribution >= 0.6 is 23.2 Å². The molecule has 0 bridgehead atoms. The third kappa shape index (κ3) is 2.52. The first kappa shape index (κ1) is 14.1. The average molecular weight is 317 g/mol. The Morgan fingerprint density at radius 1 is 1.55 bits per heavy atom. The second-order valence-corrected chi connectivity index (χ2v) is 6.15. The standard InChI is InChI=1S/C14H15Cl2FN2O/c1-8(15)14-18-12-6-11(17)10(16)5-13(12)19(14)7-9-3-2-4-20-9/h5-6,8-9H,2-4,7H2,1H3. The van der Waals surface area contributed by atoms with Crippen LogP contribution in [0.5, 0.6) is 0 Å². The van der Waals surface area contributed by atoms with E-state index in [0.717, 1.165) is 30.8 Å². The Morgan fingerprint density at radius 2 is 2.35 bits per heavy atom. The van der Waals surface area contributed by atoms with E-state index in [1.165, 1.54) is 6.07 Å². The van der Waals surface area contributed by atoms with E-state index in [4.69, 9.17) is 27.9 Å². The first-order valence-corrected chi connectivity index (χ1v) is 7.48. The molecule has 3 rings (SSSR count). The molecule has 1 aliphatic rings. The van der Waals surface area contributed by atoms with E-state index in [2.05, 4.69) is 4.98 Å². The van der Waals surface area contributed by atoms with Gasteiger partial charge in [-0.1, -0.05) is 11.6 Å². The SMILES string of the molecule is CC(Cl)c1nc2cc(F)c(Cl)cc2n1CC1CCCO1. The molecule has 108 valence electrons. The van der Waals surface area contributed by atoms with Crippen LogP contribution in [0.15, 0.2) is 12.1 Å². The molecule has 1 saturated heterocycles. The highest BCUT2D eigenvalue weighted by molar-refractivity contribution is 6.31. The van der Waals surface area contributed by atoms with Gasteiger partial charge in [0.1, 0.15) is 11.6 Å². The number of benzene rings is 1. The van der Waals surface area contributed by atoms with Gasteiger partial charge >= 0.3 is 0 Å². The minimum atomic E-state index is -0.463. The van der Waals surface area contributed by atoms with Crippen molar-refractivity contribution in [3.63, 3.8) is 0 Å². The number of rotatable bonds is 3. The Hall–Kier alpha value is -0.840. The molecule has 1 aromatic carbocycles. The summed E-state index contributed by atoms with van der Waals surface area (Å²) in [5.41, 5.74) is 1.38. The minimum Gasteiger partial charge on any atom is -0.376 e. The first-order chi connectivity index (χ1) is 9.56. The average Bonchev–Trinajstić information content (AvgIpc) is 3.00. The van der Waals surface area contributed by atoms with Crippen molar-refractivity contribution >= 4 is 34.2 Å². The Kier molecular flexibility index (Phi) is 3.89. The van der Waals surface area contributed by atoms with E-state index in [9.17, 15) is 4.39 Å². The maximum absolute atomic E-state index is 13.6. The summed E-state index contributed by atoms with van der Waals surface area (Å²) in [4.78, 5) is 4.43. The molecule has 0 amide bonds. The van der Waals surface area contributed by atoms with Crippen LogP contribution in [0.2, 0.25) is 5.02 Å². The normalized spacial score (nSPS) is 20.7. The zero-order valence-corrected chi connectivity index (χ0v) is 12.6. The lowest BCUT2D eigenvalue weighted by atomic mass is 10.2. The lowest BCUT2D eigenvalue weighted by molar-refractivity contribution is 0.0972. The van der Waals surface area contributed by atoms with E-state index < -0.39 is 5.82 Å². The number of fused-ring (bicyclic) bond motifs is 1. The second-order valence-electron chi connectivity index (χ2n) is 5.09. The van der Waals surface area contributed by atoms with Gasteiger partial charge in [-0.05, 0) is 25.8 Å². The van der Waals surface area contributed by atoms with Crippen LogP contribution in [-0.4, -0.2) is 22.3 Å². The zero-order chi connectivity index (χ0) is 14.3. The van der Waals surface area contributed by atoms with Crippen molar-refractivity contribution in [1.29, 1.82) is 0 Å². The van der Waals surface area contributed by atoms with Gasteiger partial charge in [0.05, 0.1) is 34.1 Å². The zero-order valence-electron chi connectivity index (χ0n) is 11.1. The van der Waals surface area contributed by atoms with Crippen molar-refractivity contribution in [2.24, 2.45) is 0 Å². The summed E-state index contributed by atoms with van der Waals surface area (Å²) >= 11 is 12.1. The number of imidazole rings is 1. The molecule has 2 atom stereocenters. The minimum absolute atomic E-state index is 0.0970. The Balaban J connectivity index is 2.10. The topological polar surface area (TPSA) is 27.1 Å². The fraction of sp³-hybridized carbons (Fsp3) is 0.500. The lowest BCUT2D eigenvalue weighted by Gasteiger charge is -2.15. The molecule has 0 N–H and O–H groups in total. The highest BCUT2D eigenvalue weighted by Gasteiger charge is 2.22. The number of hydrogen-bond acceptors (Lipinski definition) is 2. The molecule has 1 aliphatic heterocycles. The fourth-order valence-electron chi connectivity index (χ4n) is 2.63. The van der Waals surface area contributed by atoms with Gasteiger partial charge in [-0.15, -0.1) is 11.6 Å². The smallest absolute Gasteiger partial charge is 0.144 e. The van der Waals surface area contributed by atoms with Gasteiger partial charge in [-0.25, -0.2) is 9.37 Å². The van der Waals surface area contributed by atoms with E-state index in [0.29, 0.717) is 12.1 Å². The van der Waals surface area contributed by atoms with Crippen molar-refractivity contribution in [1.82, 2.24) is 9.55 Å². The molecule has 6 heteroatoms. The third-order valence-corrected chi connectivity index (χ3v) is 4.07. The van der Waals surface area contributed by atoms with Crippen LogP contribution in [0.4, 0.5) is 4.39 Å².